The Morgan fingerprint density at radius 2 is 2.31 bits per heavy atom. The van der Waals surface area contributed by atoms with E-state index < -0.39 is 19.0 Å². The van der Waals surface area contributed by atoms with Gasteiger partial charge in [0.05, 0.1) is 12.7 Å². The van der Waals surface area contributed by atoms with Gasteiger partial charge in [0.2, 0.25) is 0 Å². The van der Waals surface area contributed by atoms with Crippen LogP contribution in [0.4, 0.5) is 8.78 Å². The SMILES string of the molecule is CCc1cnn(CC(F)(F)CN)c1. The van der Waals surface area contributed by atoms with Crippen LogP contribution in [0.1, 0.15) is 12.5 Å². The van der Waals surface area contributed by atoms with E-state index in [1.54, 1.807) is 12.4 Å². The molecule has 3 nitrogen and oxygen atoms in total. The minimum Gasteiger partial charge on any atom is -0.325 e. The Morgan fingerprint density at radius 1 is 1.62 bits per heavy atom. The zero-order valence-electron chi connectivity index (χ0n) is 7.50. The fraction of sp³-hybridized carbons (Fsp3) is 0.625. The molecule has 0 amide bonds. The standard InChI is InChI=1S/C8H13F2N3/c1-2-7-3-12-13(4-7)6-8(9,10)5-11/h3-4H,2,5-6,11H2,1H3. The van der Waals surface area contributed by atoms with Gasteiger partial charge in [-0.25, -0.2) is 8.78 Å². The van der Waals surface area contributed by atoms with Gasteiger partial charge < -0.3 is 5.73 Å². The van der Waals surface area contributed by atoms with Crippen molar-refractivity contribution in [1.29, 1.82) is 0 Å². The highest BCUT2D eigenvalue weighted by Crippen LogP contribution is 2.14. The molecule has 2 N–H and O–H groups in total. The van der Waals surface area contributed by atoms with E-state index in [1.807, 2.05) is 6.92 Å². The normalized spacial score (nSPS) is 12.0. The minimum atomic E-state index is -2.86. The molecule has 1 aromatic heterocycles. The van der Waals surface area contributed by atoms with Gasteiger partial charge in [-0.3, -0.25) is 4.68 Å². The lowest BCUT2D eigenvalue weighted by atomic mass is 10.3. The van der Waals surface area contributed by atoms with E-state index >= 15 is 0 Å². The number of nitrogens with zero attached hydrogens (tertiary/aromatic N) is 2. The zero-order chi connectivity index (χ0) is 9.90. The fourth-order valence-corrected chi connectivity index (χ4v) is 0.977. The van der Waals surface area contributed by atoms with Crippen molar-refractivity contribution in [3.8, 4) is 0 Å². The summed E-state index contributed by atoms with van der Waals surface area (Å²) in [5.74, 6) is -2.86. The van der Waals surface area contributed by atoms with E-state index in [4.69, 9.17) is 5.73 Å². The molecule has 0 saturated heterocycles. The van der Waals surface area contributed by atoms with Gasteiger partial charge in [0.15, 0.2) is 0 Å². The first-order chi connectivity index (χ1) is 6.07. The predicted octanol–water partition coefficient (Wildman–Crippen LogP) is 1.04. The van der Waals surface area contributed by atoms with Crippen LogP contribution in [0.5, 0.6) is 0 Å². The number of halogens is 2. The Kier molecular flexibility index (Phi) is 2.98. The van der Waals surface area contributed by atoms with Crippen molar-refractivity contribution < 1.29 is 8.78 Å². The van der Waals surface area contributed by atoms with Gasteiger partial charge in [-0.2, -0.15) is 5.10 Å². The molecule has 0 radical (unpaired) electrons. The Bertz CT molecular complexity index is 270. The van der Waals surface area contributed by atoms with Crippen molar-refractivity contribution in [3.05, 3.63) is 18.0 Å². The van der Waals surface area contributed by atoms with Crippen LogP contribution < -0.4 is 5.73 Å². The first kappa shape index (κ1) is 10.1. The van der Waals surface area contributed by atoms with Gasteiger partial charge in [-0.15, -0.1) is 0 Å². The van der Waals surface area contributed by atoms with Crippen LogP contribution in [-0.4, -0.2) is 22.2 Å². The molecule has 1 heterocycles. The molecular weight excluding hydrogens is 176 g/mol. The summed E-state index contributed by atoms with van der Waals surface area (Å²) in [5.41, 5.74) is 5.85. The maximum atomic E-state index is 12.8. The van der Waals surface area contributed by atoms with E-state index in [9.17, 15) is 8.78 Å². The molecule has 0 saturated carbocycles. The molecule has 0 unspecified atom stereocenters. The second kappa shape index (κ2) is 3.83. The van der Waals surface area contributed by atoms with Crippen LogP contribution in [0.2, 0.25) is 0 Å². The number of rotatable bonds is 4. The topological polar surface area (TPSA) is 43.8 Å². The lowest BCUT2D eigenvalue weighted by Gasteiger charge is -2.12. The average molecular weight is 189 g/mol. The molecule has 0 aromatic carbocycles. The fourth-order valence-electron chi connectivity index (χ4n) is 0.977. The third kappa shape index (κ3) is 2.77. The van der Waals surface area contributed by atoms with Gasteiger partial charge in [0.25, 0.3) is 5.92 Å². The van der Waals surface area contributed by atoms with Crippen molar-refractivity contribution in [2.45, 2.75) is 25.8 Å². The van der Waals surface area contributed by atoms with E-state index in [-0.39, 0.29) is 0 Å². The van der Waals surface area contributed by atoms with Crippen molar-refractivity contribution in [1.82, 2.24) is 9.78 Å². The zero-order valence-corrected chi connectivity index (χ0v) is 7.50. The maximum Gasteiger partial charge on any atom is 0.279 e. The molecule has 13 heavy (non-hydrogen) atoms. The van der Waals surface area contributed by atoms with Crippen LogP contribution in [0.3, 0.4) is 0 Å². The predicted molar refractivity (Wildman–Crippen MR) is 45.6 cm³/mol. The lowest BCUT2D eigenvalue weighted by molar-refractivity contribution is -0.00980. The highest BCUT2D eigenvalue weighted by atomic mass is 19.3. The number of nitrogens with two attached hydrogens (primary N) is 1. The second-order valence-corrected chi connectivity index (χ2v) is 2.96. The highest BCUT2D eigenvalue weighted by Gasteiger charge is 2.27. The largest absolute Gasteiger partial charge is 0.325 e. The van der Waals surface area contributed by atoms with Gasteiger partial charge in [0.1, 0.15) is 6.54 Å². The lowest BCUT2D eigenvalue weighted by Crippen LogP contribution is -2.32. The highest BCUT2D eigenvalue weighted by molar-refractivity contribution is 5.03. The summed E-state index contributed by atoms with van der Waals surface area (Å²) in [4.78, 5) is 0. The van der Waals surface area contributed by atoms with Gasteiger partial charge in [-0.1, -0.05) is 6.92 Å². The molecule has 0 aliphatic heterocycles. The van der Waals surface area contributed by atoms with Gasteiger partial charge >= 0.3 is 0 Å². The molecule has 74 valence electrons. The van der Waals surface area contributed by atoms with Crippen molar-refractivity contribution >= 4 is 0 Å². The summed E-state index contributed by atoms with van der Waals surface area (Å²) >= 11 is 0. The number of hydrogen-bond donors (Lipinski definition) is 1. The summed E-state index contributed by atoms with van der Waals surface area (Å²) in [5, 5.41) is 3.80. The van der Waals surface area contributed by atoms with Crippen LogP contribution in [0, 0.1) is 0 Å². The van der Waals surface area contributed by atoms with E-state index in [1.165, 1.54) is 4.68 Å². The van der Waals surface area contributed by atoms with E-state index in [0.717, 1.165) is 12.0 Å². The molecule has 0 fully saturated rings. The third-order valence-electron chi connectivity index (χ3n) is 1.79. The monoisotopic (exact) mass is 189 g/mol. The Morgan fingerprint density at radius 3 is 2.77 bits per heavy atom. The average Bonchev–Trinajstić information content (AvgIpc) is 2.52. The minimum absolute atomic E-state index is 0.441. The second-order valence-electron chi connectivity index (χ2n) is 2.96. The Labute approximate surface area is 75.5 Å². The number of aryl methyl sites for hydroxylation is 1. The Balaban J connectivity index is 2.63. The summed E-state index contributed by atoms with van der Waals surface area (Å²) < 4.78 is 26.8. The van der Waals surface area contributed by atoms with E-state index in [0.29, 0.717) is 0 Å². The van der Waals surface area contributed by atoms with Crippen LogP contribution in [-0.2, 0) is 13.0 Å². The van der Waals surface area contributed by atoms with Crippen molar-refractivity contribution in [3.63, 3.8) is 0 Å². The molecule has 1 aromatic rings. The Hall–Kier alpha value is -0.970. The van der Waals surface area contributed by atoms with Crippen molar-refractivity contribution in [2.75, 3.05) is 6.54 Å². The van der Waals surface area contributed by atoms with Crippen LogP contribution in [0.25, 0.3) is 0 Å². The first-order valence-electron chi connectivity index (χ1n) is 4.16. The molecule has 0 atom stereocenters. The summed E-state index contributed by atoms with van der Waals surface area (Å²) in [6.07, 6.45) is 4.00. The summed E-state index contributed by atoms with van der Waals surface area (Å²) in [6.45, 7) is 0.861. The number of aromatic nitrogens is 2. The molecule has 0 aliphatic rings. The smallest absolute Gasteiger partial charge is 0.279 e. The molecule has 0 aliphatic carbocycles. The molecule has 1 rings (SSSR count). The van der Waals surface area contributed by atoms with E-state index in [2.05, 4.69) is 5.10 Å². The number of alkyl halides is 2. The molecule has 5 heteroatoms. The van der Waals surface area contributed by atoms with Gasteiger partial charge in [0, 0.05) is 6.20 Å². The maximum absolute atomic E-state index is 12.8. The summed E-state index contributed by atoms with van der Waals surface area (Å²) in [7, 11) is 0. The first-order valence-corrected chi connectivity index (χ1v) is 4.16. The summed E-state index contributed by atoms with van der Waals surface area (Å²) in [6, 6.07) is 0. The molecular formula is C8H13F2N3. The quantitative estimate of drug-likeness (QED) is 0.769. The van der Waals surface area contributed by atoms with Crippen molar-refractivity contribution in [2.24, 2.45) is 5.73 Å². The third-order valence-corrected chi connectivity index (χ3v) is 1.79. The number of hydrogen-bond acceptors (Lipinski definition) is 2. The van der Waals surface area contributed by atoms with Crippen LogP contribution in [0.15, 0.2) is 12.4 Å². The molecule has 0 spiro atoms. The molecule has 0 bridgehead atoms. The van der Waals surface area contributed by atoms with Gasteiger partial charge in [-0.05, 0) is 12.0 Å². The van der Waals surface area contributed by atoms with Crippen LogP contribution >= 0.6 is 0 Å².